The van der Waals surface area contributed by atoms with Crippen molar-refractivity contribution in [2.45, 2.75) is 31.2 Å². The number of nitrogens with zero attached hydrogens (tertiary/aromatic N) is 1. The van der Waals surface area contributed by atoms with E-state index in [0.29, 0.717) is 12.0 Å². The molecule has 5 heteroatoms. The Morgan fingerprint density at radius 1 is 1.18 bits per heavy atom. The molecule has 0 heterocycles. The van der Waals surface area contributed by atoms with Gasteiger partial charge in [0.05, 0.1) is 16.5 Å². The highest BCUT2D eigenvalue weighted by Crippen LogP contribution is 2.21. The largest absolute Gasteiger partial charge is 0.241 e. The van der Waals surface area contributed by atoms with E-state index in [2.05, 4.69) is 4.72 Å². The topological polar surface area (TPSA) is 70.0 Å². The summed E-state index contributed by atoms with van der Waals surface area (Å²) in [7, 11) is -3.66. The zero-order chi connectivity index (χ0) is 16.2. The number of nitriles is 1. The van der Waals surface area contributed by atoms with E-state index in [1.165, 1.54) is 12.1 Å². The van der Waals surface area contributed by atoms with Gasteiger partial charge in [0.25, 0.3) is 0 Å². The first kappa shape index (κ1) is 16.2. The van der Waals surface area contributed by atoms with Crippen LogP contribution in [0.1, 0.15) is 36.1 Å². The highest BCUT2D eigenvalue weighted by molar-refractivity contribution is 7.89. The monoisotopic (exact) mass is 314 g/mol. The Balaban J connectivity index is 2.29. The summed E-state index contributed by atoms with van der Waals surface area (Å²) in [6.45, 7) is 3.92. The predicted molar refractivity (Wildman–Crippen MR) is 85.7 cm³/mol. The minimum absolute atomic E-state index is 0.108. The van der Waals surface area contributed by atoms with E-state index in [0.717, 1.165) is 11.1 Å². The van der Waals surface area contributed by atoms with Crippen LogP contribution in [0.3, 0.4) is 0 Å². The van der Waals surface area contributed by atoms with E-state index in [1.54, 1.807) is 12.1 Å². The maximum Gasteiger partial charge on any atom is 0.241 e. The van der Waals surface area contributed by atoms with E-state index < -0.39 is 10.0 Å². The third-order valence-corrected chi connectivity index (χ3v) is 4.93. The molecule has 4 nitrogen and oxygen atoms in total. The fraction of sp³-hybridized carbons (Fsp3) is 0.235. The summed E-state index contributed by atoms with van der Waals surface area (Å²) in [4.78, 5) is 0.108. The molecule has 2 aromatic carbocycles. The maximum atomic E-state index is 12.5. The Morgan fingerprint density at radius 2 is 1.86 bits per heavy atom. The van der Waals surface area contributed by atoms with Gasteiger partial charge in [-0.05, 0) is 37.1 Å². The molecule has 2 rings (SSSR count). The van der Waals surface area contributed by atoms with Crippen molar-refractivity contribution in [2.75, 3.05) is 0 Å². The first-order chi connectivity index (χ1) is 10.5. The van der Waals surface area contributed by atoms with Crippen LogP contribution >= 0.6 is 0 Å². The molecule has 22 heavy (non-hydrogen) atoms. The van der Waals surface area contributed by atoms with E-state index in [9.17, 15) is 8.42 Å². The summed E-state index contributed by atoms with van der Waals surface area (Å²) < 4.78 is 27.7. The van der Waals surface area contributed by atoms with E-state index in [1.807, 2.05) is 44.2 Å². The maximum absolute atomic E-state index is 12.5. The molecule has 0 saturated carbocycles. The number of hydrogen-bond acceptors (Lipinski definition) is 3. The van der Waals surface area contributed by atoms with Crippen LogP contribution in [0.5, 0.6) is 0 Å². The van der Waals surface area contributed by atoms with Gasteiger partial charge in [0.1, 0.15) is 0 Å². The van der Waals surface area contributed by atoms with Crippen molar-refractivity contribution in [3.8, 4) is 6.07 Å². The zero-order valence-corrected chi connectivity index (χ0v) is 13.4. The number of rotatable bonds is 5. The number of nitrogens with one attached hydrogen (secondary N) is 1. The van der Waals surface area contributed by atoms with Gasteiger partial charge in [-0.3, -0.25) is 0 Å². The Morgan fingerprint density at radius 3 is 2.45 bits per heavy atom. The van der Waals surface area contributed by atoms with Crippen molar-refractivity contribution in [3.05, 3.63) is 65.2 Å². The van der Waals surface area contributed by atoms with Crippen molar-refractivity contribution in [1.29, 1.82) is 5.26 Å². The highest BCUT2D eigenvalue weighted by Gasteiger charge is 2.20. The standard InChI is InChI=1S/C17H18N2O2S/c1-3-17(15-9-7-13(2)8-10-15)19-22(20,21)16-6-4-5-14(11-16)12-18/h4-11,17,19H,3H2,1-2H3/t17-/m0/s1. The van der Waals surface area contributed by atoms with Crippen LogP contribution in [-0.4, -0.2) is 8.42 Å². The Hall–Kier alpha value is -2.16. The molecule has 0 aromatic heterocycles. The van der Waals surface area contributed by atoms with Crippen LogP contribution in [-0.2, 0) is 10.0 Å². The van der Waals surface area contributed by atoms with Crippen molar-refractivity contribution in [1.82, 2.24) is 4.72 Å². The second kappa shape index (κ2) is 6.73. The zero-order valence-electron chi connectivity index (χ0n) is 12.6. The number of sulfonamides is 1. The smallest absolute Gasteiger partial charge is 0.207 e. The molecule has 0 radical (unpaired) electrons. The van der Waals surface area contributed by atoms with Gasteiger partial charge in [0.15, 0.2) is 0 Å². The Bertz CT molecular complexity index is 790. The average Bonchev–Trinajstić information content (AvgIpc) is 2.53. The van der Waals surface area contributed by atoms with Crippen molar-refractivity contribution in [3.63, 3.8) is 0 Å². The molecule has 1 atom stereocenters. The first-order valence-electron chi connectivity index (χ1n) is 7.05. The predicted octanol–water partition coefficient (Wildman–Crippen LogP) is 3.30. The van der Waals surface area contributed by atoms with Gasteiger partial charge in [-0.1, -0.05) is 42.8 Å². The lowest BCUT2D eigenvalue weighted by Gasteiger charge is -2.18. The molecule has 2 aromatic rings. The molecule has 1 N–H and O–H groups in total. The summed E-state index contributed by atoms with van der Waals surface area (Å²) in [5.41, 5.74) is 2.38. The minimum atomic E-state index is -3.66. The fourth-order valence-corrected chi connectivity index (χ4v) is 3.53. The molecule has 0 fully saturated rings. The summed E-state index contributed by atoms with van der Waals surface area (Å²) >= 11 is 0. The Labute approximate surface area is 131 Å². The van der Waals surface area contributed by atoms with E-state index in [4.69, 9.17) is 5.26 Å². The molecule has 0 amide bonds. The lowest BCUT2D eigenvalue weighted by molar-refractivity contribution is 0.550. The molecular formula is C17H18N2O2S. The Kier molecular flexibility index (Phi) is 4.96. The first-order valence-corrected chi connectivity index (χ1v) is 8.53. The molecule has 0 spiro atoms. The SMILES string of the molecule is CC[C@H](NS(=O)(=O)c1cccc(C#N)c1)c1ccc(C)cc1. The van der Waals surface area contributed by atoms with Crippen molar-refractivity contribution in [2.24, 2.45) is 0 Å². The second-order valence-electron chi connectivity index (χ2n) is 5.13. The van der Waals surface area contributed by atoms with E-state index >= 15 is 0 Å². The van der Waals surface area contributed by atoms with Crippen LogP contribution < -0.4 is 4.72 Å². The summed E-state index contributed by atoms with van der Waals surface area (Å²) in [6, 6.07) is 15.5. The quantitative estimate of drug-likeness (QED) is 0.920. The van der Waals surface area contributed by atoms with Crippen LogP contribution in [0.25, 0.3) is 0 Å². The average molecular weight is 314 g/mol. The molecule has 114 valence electrons. The van der Waals surface area contributed by atoms with Gasteiger partial charge >= 0.3 is 0 Å². The number of hydrogen-bond donors (Lipinski definition) is 1. The molecule has 0 saturated heterocycles. The van der Waals surface area contributed by atoms with Gasteiger partial charge < -0.3 is 0 Å². The van der Waals surface area contributed by atoms with Gasteiger partial charge in [0.2, 0.25) is 10.0 Å². The van der Waals surface area contributed by atoms with Crippen LogP contribution in [0.2, 0.25) is 0 Å². The van der Waals surface area contributed by atoms with Gasteiger partial charge in [-0.15, -0.1) is 0 Å². The van der Waals surface area contributed by atoms with Crippen molar-refractivity contribution < 1.29 is 8.42 Å². The summed E-state index contributed by atoms with van der Waals surface area (Å²) in [5.74, 6) is 0. The summed E-state index contributed by atoms with van der Waals surface area (Å²) in [6.07, 6.45) is 0.639. The molecule has 0 aliphatic carbocycles. The molecule has 0 bridgehead atoms. The lowest BCUT2D eigenvalue weighted by atomic mass is 10.0. The van der Waals surface area contributed by atoms with Crippen LogP contribution in [0.4, 0.5) is 0 Å². The third kappa shape index (κ3) is 3.73. The highest BCUT2D eigenvalue weighted by atomic mass is 32.2. The van der Waals surface area contributed by atoms with Gasteiger partial charge in [0, 0.05) is 6.04 Å². The molecular weight excluding hydrogens is 296 g/mol. The fourth-order valence-electron chi connectivity index (χ4n) is 2.17. The normalized spacial score (nSPS) is 12.6. The number of aryl methyl sites for hydroxylation is 1. The number of benzene rings is 2. The second-order valence-corrected chi connectivity index (χ2v) is 6.85. The van der Waals surface area contributed by atoms with Gasteiger partial charge in [-0.25, -0.2) is 13.1 Å². The summed E-state index contributed by atoms with van der Waals surface area (Å²) in [5, 5.41) is 8.89. The third-order valence-electron chi connectivity index (χ3n) is 3.46. The molecule has 0 unspecified atom stereocenters. The van der Waals surface area contributed by atoms with Crippen molar-refractivity contribution >= 4 is 10.0 Å². The molecule has 0 aliphatic heterocycles. The lowest BCUT2D eigenvalue weighted by Crippen LogP contribution is -2.28. The van der Waals surface area contributed by atoms with Crippen LogP contribution in [0.15, 0.2) is 53.4 Å². The van der Waals surface area contributed by atoms with Gasteiger partial charge in [-0.2, -0.15) is 5.26 Å². The van der Waals surface area contributed by atoms with Crippen LogP contribution in [0, 0.1) is 18.3 Å². The van der Waals surface area contributed by atoms with E-state index in [-0.39, 0.29) is 10.9 Å². The molecule has 0 aliphatic rings. The minimum Gasteiger partial charge on any atom is -0.207 e.